The molecule has 0 saturated carbocycles. The smallest absolute Gasteiger partial charge is 0.206 e. The SMILES string of the molecule is Cc1cnc(C)c(-n2ccnc2C(N)=NO)n1. The Morgan fingerprint density at radius 1 is 1.41 bits per heavy atom. The lowest BCUT2D eigenvalue weighted by Gasteiger charge is -2.08. The van der Waals surface area contributed by atoms with Crippen LogP contribution in [0.3, 0.4) is 0 Å². The van der Waals surface area contributed by atoms with Gasteiger partial charge in [-0.2, -0.15) is 0 Å². The van der Waals surface area contributed by atoms with E-state index in [1.54, 1.807) is 23.2 Å². The van der Waals surface area contributed by atoms with Gasteiger partial charge < -0.3 is 10.9 Å². The quantitative estimate of drug-likeness (QED) is 0.337. The third-order valence-electron chi connectivity index (χ3n) is 2.26. The molecule has 0 fully saturated rings. The van der Waals surface area contributed by atoms with Crippen LogP contribution in [-0.4, -0.2) is 30.6 Å². The van der Waals surface area contributed by atoms with Gasteiger partial charge in [-0.25, -0.2) is 9.97 Å². The summed E-state index contributed by atoms with van der Waals surface area (Å²) in [6, 6.07) is 0. The van der Waals surface area contributed by atoms with Crippen molar-refractivity contribution in [2.75, 3.05) is 0 Å². The maximum Gasteiger partial charge on any atom is 0.206 e. The van der Waals surface area contributed by atoms with Gasteiger partial charge in [-0.3, -0.25) is 9.55 Å². The molecule has 3 N–H and O–H groups in total. The first-order valence-corrected chi connectivity index (χ1v) is 4.95. The molecule has 17 heavy (non-hydrogen) atoms. The number of hydrogen-bond donors (Lipinski definition) is 2. The van der Waals surface area contributed by atoms with Crippen molar-refractivity contribution in [3.05, 3.63) is 35.8 Å². The zero-order valence-electron chi connectivity index (χ0n) is 9.49. The van der Waals surface area contributed by atoms with Crippen LogP contribution in [0, 0.1) is 13.8 Å². The van der Waals surface area contributed by atoms with Crippen molar-refractivity contribution in [3.8, 4) is 5.82 Å². The van der Waals surface area contributed by atoms with E-state index in [0.717, 1.165) is 11.4 Å². The highest BCUT2D eigenvalue weighted by Gasteiger charge is 2.13. The molecule has 0 radical (unpaired) electrons. The summed E-state index contributed by atoms with van der Waals surface area (Å²) < 4.78 is 1.63. The predicted molar refractivity (Wildman–Crippen MR) is 61.1 cm³/mol. The summed E-state index contributed by atoms with van der Waals surface area (Å²) in [6.07, 6.45) is 4.92. The summed E-state index contributed by atoms with van der Waals surface area (Å²) in [6.45, 7) is 3.67. The van der Waals surface area contributed by atoms with Crippen molar-refractivity contribution >= 4 is 5.84 Å². The average Bonchev–Trinajstić information content (AvgIpc) is 2.80. The first kappa shape index (κ1) is 11.1. The van der Waals surface area contributed by atoms with Crippen molar-refractivity contribution in [1.82, 2.24) is 19.5 Å². The number of amidine groups is 1. The molecule has 0 aliphatic carbocycles. The molecule has 0 bridgehead atoms. The fraction of sp³-hybridized carbons (Fsp3) is 0.200. The zero-order chi connectivity index (χ0) is 12.4. The van der Waals surface area contributed by atoms with E-state index in [2.05, 4.69) is 20.1 Å². The molecule has 0 spiro atoms. The molecular formula is C10H12N6O. The minimum atomic E-state index is -0.0716. The Balaban J connectivity index is 2.61. The van der Waals surface area contributed by atoms with Gasteiger partial charge >= 0.3 is 0 Å². The summed E-state index contributed by atoms with van der Waals surface area (Å²) in [4.78, 5) is 12.6. The topological polar surface area (TPSA) is 102 Å². The van der Waals surface area contributed by atoms with Gasteiger partial charge in [-0.1, -0.05) is 5.16 Å². The molecule has 7 nitrogen and oxygen atoms in total. The number of nitrogens with zero attached hydrogens (tertiary/aromatic N) is 5. The molecule has 2 rings (SSSR count). The van der Waals surface area contributed by atoms with Gasteiger partial charge in [0.2, 0.25) is 5.84 Å². The Kier molecular flexibility index (Phi) is 2.73. The Morgan fingerprint density at radius 2 is 2.18 bits per heavy atom. The van der Waals surface area contributed by atoms with Crippen LogP contribution >= 0.6 is 0 Å². The van der Waals surface area contributed by atoms with Gasteiger partial charge in [0.25, 0.3) is 0 Å². The van der Waals surface area contributed by atoms with Crippen molar-refractivity contribution < 1.29 is 5.21 Å². The van der Waals surface area contributed by atoms with Crippen LogP contribution in [0.15, 0.2) is 23.7 Å². The molecule has 0 amide bonds. The average molecular weight is 232 g/mol. The Bertz CT molecular complexity index is 574. The molecular weight excluding hydrogens is 220 g/mol. The summed E-state index contributed by atoms with van der Waals surface area (Å²) in [5.74, 6) is 0.873. The fourth-order valence-electron chi connectivity index (χ4n) is 1.46. The van der Waals surface area contributed by atoms with Crippen molar-refractivity contribution in [1.29, 1.82) is 0 Å². The largest absolute Gasteiger partial charge is 0.409 e. The monoisotopic (exact) mass is 232 g/mol. The number of hydrogen-bond acceptors (Lipinski definition) is 5. The molecule has 88 valence electrons. The molecule has 0 aliphatic rings. The van der Waals surface area contributed by atoms with E-state index in [1.807, 2.05) is 13.8 Å². The molecule has 7 heteroatoms. The van der Waals surface area contributed by atoms with Gasteiger partial charge in [0.05, 0.1) is 11.4 Å². The summed E-state index contributed by atoms with van der Waals surface area (Å²) in [7, 11) is 0. The summed E-state index contributed by atoms with van der Waals surface area (Å²) >= 11 is 0. The van der Waals surface area contributed by atoms with Crippen LogP contribution in [0.4, 0.5) is 0 Å². The number of oxime groups is 1. The van der Waals surface area contributed by atoms with E-state index in [1.165, 1.54) is 0 Å². The van der Waals surface area contributed by atoms with E-state index in [-0.39, 0.29) is 5.84 Å². The van der Waals surface area contributed by atoms with Gasteiger partial charge in [-0.05, 0) is 13.8 Å². The van der Waals surface area contributed by atoms with E-state index in [4.69, 9.17) is 10.9 Å². The second-order valence-electron chi connectivity index (χ2n) is 3.53. The third kappa shape index (κ3) is 1.94. The lowest BCUT2D eigenvalue weighted by atomic mass is 10.4. The van der Waals surface area contributed by atoms with Crippen LogP contribution in [0.5, 0.6) is 0 Å². The summed E-state index contributed by atoms with van der Waals surface area (Å²) in [5.41, 5.74) is 7.05. The van der Waals surface area contributed by atoms with Gasteiger partial charge in [0.1, 0.15) is 0 Å². The minimum Gasteiger partial charge on any atom is -0.409 e. The van der Waals surface area contributed by atoms with Crippen molar-refractivity contribution in [2.24, 2.45) is 10.9 Å². The highest BCUT2D eigenvalue weighted by atomic mass is 16.4. The summed E-state index contributed by atoms with van der Waals surface area (Å²) in [5, 5.41) is 11.6. The molecule has 0 aromatic carbocycles. The minimum absolute atomic E-state index is 0.0716. The third-order valence-corrected chi connectivity index (χ3v) is 2.26. The molecule has 0 saturated heterocycles. The maximum atomic E-state index is 8.68. The first-order chi connectivity index (χ1) is 8.13. The van der Waals surface area contributed by atoms with Crippen LogP contribution < -0.4 is 5.73 Å². The Labute approximate surface area is 97.6 Å². The Morgan fingerprint density at radius 3 is 2.88 bits per heavy atom. The number of nitrogens with two attached hydrogens (primary N) is 1. The number of aryl methyl sites for hydroxylation is 2. The number of imidazole rings is 1. The number of rotatable bonds is 2. The van der Waals surface area contributed by atoms with Crippen molar-refractivity contribution in [2.45, 2.75) is 13.8 Å². The molecule has 2 heterocycles. The fourth-order valence-corrected chi connectivity index (χ4v) is 1.46. The van der Waals surface area contributed by atoms with Gasteiger partial charge in [-0.15, -0.1) is 0 Å². The molecule has 0 aliphatic heterocycles. The van der Waals surface area contributed by atoms with Gasteiger partial charge in [0, 0.05) is 18.6 Å². The molecule has 2 aromatic heterocycles. The van der Waals surface area contributed by atoms with Crippen LogP contribution in [0.2, 0.25) is 0 Å². The lowest BCUT2D eigenvalue weighted by molar-refractivity contribution is 0.318. The second-order valence-corrected chi connectivity index (χ2v) is 3.53. The second kappa shape index (κ2) is 4.20. The van der Waals surface area contributed by atoms with Crippen molar-refractivity contribution in [3.63, 3.8) is 0 Å². The van der Waals surface area contributed by atoms with Crippen LogP contribution in [0.1, 0.15) is 17.2 Å². The van der Waals surface area contributed by atoms with E-state index >= 15 is 0 Å². The van der Waals surface area contributed by atoms with Gasteiger partial charge in [0.15, 0.2) is 11.6 Å². The molecule has 0 unspecified atom stereocenters. The normalized spacial score (nSPS) is 11.8. The highest BCUT2D eigenvalue weighted by molar-refractivity contribution is 5.94. The predicted octanol–water partition coefficient (Wildman–Crippen LogP) is 0.374. The Hall–Kier alpha value is -2.44. The molecule has 2 aromatic rings. The number of aromatic nitrogens is 4. The molecule has 0 atom stereocenters. The lowest BCUT2D eigenvalue weighted by Crippen LogP contribution is -2.20. The van der Waals surface area contributed by atoms with Crippen LogP contribution in [0.25, 0.3) is 5.82 Å². The van der Waals surface area contributed by atoms with E-state index in [9.17, 15) is 0 Å². The maximum absolute atomic E-state index is 8.68. The van der Waals surface area contributed by atoms with Crippen LogP contribution in [-0.2, 0) is 0 Å². The van der Waals surface area contributed by atoms with E-state index in [0.29, 0.717) is 11.6 Å². The standard InChI is InChI=1S/C10H12N6O/c1-6-5-13-7(2)9(14-6)16-4-3-12-10(16)8(11)15-17/h3-5,17H,1-2H3,(H2,11,15). The zero-order valence-corrected chi connectivity index (χ0v) is 9.49. The first-order valence-electron chi connectivity index (χ1n) is 4.95. The highest BCUT2D eigenvalue weighted by Crippen LogP contribution is 2.11. The van der Waals surface area contributed by atoms with E-state index < -0.39 is 0 Å².